The van der Waals surface area contributed by atoms with Gasteiger partial charge in [-0.05, 0) is 24.3 Å². The number of nitrogens with one attached hydrogen (secondary N) is 1. The number of nitrogens with zero attached hydrogens (tertiary/aromatic N) is 4. The lowest BCUT2D eigenvalue weighted by molar-refractivity contribution is -0.384. The van der Waals surface area contributed by atoms with E-state index in [0.29, 0.717) is 75.3 Å². The molecule has 4 rings (SSSR count). The van der Waals surface area contributed by atoms with Gasteiger partial charge in [0.05, 0.1) is 40.8 Å². The van der Waals surface area contributed by atoms with Crippen LogP contribution >= 0.6 is 11.6 Å². The molecule has 2 fully saturated rings. The number of amides is 2. The van der Waals surface area contributed by atoms with Gasteiger partial charge in [-0.25, -0.2) is 0 Å². The predicted molar refractivity (Wildman–Crippen MR) is 135 cm³/mol. The molecule has 186 valence electrons. The number of morpholine rings is 1. The van der Waals surface area contributed by atoms with E-state index in [9.17, 15) is 19.7 Å². The average molecular weight is 502 g/mol. The highest BCUT2D eigenvalue weighted by Gasteiger charge is 2.25. The monoisotopic (exact) mass is 501 g/mol. The fourth-order valence-electron chi connectivity index (χ4n) is 4.39. The summed E-state index contributed by atoms with van der Waals surface area (Å²) >= 11 is 6.25. The maximum absolute atomic E-state index is 13.5. The molecule has 2 aromatic rings. The Bertz CT molecular complexity index is 1110. The Labute approximate surface area is 208 Å². The second-order valence-electron chi connectivity index (χ2n) is 8.39. The van der Waals surface area contributed by atoms with Crippen LogP contribution in [0.15, 0.2) is 36.4 Å². The third-order valence-electron chi connectivity index (χ3n) is 6.27. The standard InChI is InChI=1S/C24H28ClN5O5/c1-2-23(31)29-9-7-27(8-10-29)22-5-3-17(25)15-20(22)26-24(32)19-16-18(30(33)34)4-6-21(19)28-11-13-35-14-12-28/h3-6,15-16H,2,7-14H2,1H3,(H,26,32). The number of rotatable bonds is 6. The summed E-state index contributed by atoms with van der Waals surface area (Å²) in [4.78, 5) is 42.3. The van der Waals surface area contributed by atoms with Gasteiger partial charge in [-0.2, -0.15) is 0 Å². The van der Waals surface area contributed by atoms with Gasteiger partial charge in [0.15, 0.2) is 0 Å². The van der Waals surface area contributed by atoms with Gasteiger partial charge in [0, 0.05) is 62.8 Å². The molecule has 1 N–H and O–H groups in total. The van der Waals surface area contributed by atoms with Crippen molar-refractivity contribution in [2.45, 2.75) is 13.3 Å². The number of benzene rings is 2. The number of ether oxygens (including phenoxy) is 1. The molecule has 2 amide bonds. The van der Waals surface area contributed by atoms with Gasteiger partial charge in [-0.15, -0.1) is 0 Å². The van der Waals surface area contributed by atoms with Crippen LogP contribution < -0.4 is 15.1 Å². The van der Waals surface area contributed by atoms with Crippen molar-refractivity contribution in [1.29, 1.82) is 0 Å². The fraction of sp³-hybridized carbons (Fsp3) is 0.417. The summed E-state index contributed by atoms with van der Waals surface area (Å²) in [5, 5.41) is 14.8. The van der Waals surface area contributed by atoms with Crippen molar-refractivity contribution in [3.8, 4) is 0 Å². The number of carbonyl (C=O) groups is 2. The topological polar surface area (TPSA) is 108 Å². The van der Waals surface area contributed by atoms with Gasteiger partial charge < -0.3 is 24.8 Å². The number of halogens is 1. The molecule has 0 radical (unpaired) electrons. The zero-order chi connectivity index (χ0) is 24.9. The molecule has 2 heterocycles. The third-order valence-corrected chi connectivity index (χ3v) is 6.50. The Hall–Kier alpha value is -3.37. The van der Waals surface area contributed by atoms with Crippen LogP contribution in [0, 0.1) is 10.1 Å². The van der Waals surface area contributed by atoms with Crippen molar-refractivity contribution in [1.82, 2.24) is 4.90 Å². The van der Waals surface area contributed by atoms with E-state index in [-0.39, 0.29) is 17.2 Å². The average Bonchev–Trinajstić information content (AvgIpc) is 2.88. The Morgan fingerprint density at radius 2 is 1.66 bits per heavy atom. The lowest BCUT2D eigenvalue weighted by Crippen LogP contribution is -2.48. The number of nitro benzene ring substituents is 1. The SMILES string of the molecule is CCC(=O)N1CCN(c2ccc(Cl)cc2NC(=O)c2cc([N+](=O)[O-])ccc2N2CCOCC2)CC1. The molecular formula is C24H28ClN5O5. The summed E-state index contributed by atoms with van der Waals surface area (Å²) in [5.74, 6) is -0.339. The molecule has 35 heavy (non-hydrogen) atoms. The molecule has 0 unspecified atom stereocenters. The molecule has 10 nitrogen and oxygen atoms in total. The quantitative estimate of drug-likeness (QED) is 0.477. The summed E-state index contributed by atoms with van der Waals surface area (Å²) < 4.78 is 5.41. The molecule has 0 spiro atoms. The van der Waals surface area contributed by atoms with Gasteiger partial charge in [-0.3, -0.25) is 19.7 Å². The first-order chi connectivity index (χ1) is 16.9. The third kappa shape index (κ3) is 5.66. The van der Waals surface area contributed by atoms with Crippen LogP contribution in [0.5, 0.6) is 0 Å². The molecule has 0 aliphatic carbocycles. The van der Waals surface area contributed by atoms with Crippen molar-refractivity contribution in [3.05, 3.63) is 57.1 Å². The van der Waals surface area contributed by atoms with Crippen molar-refractivity contribution in [2.75, 3.05) is 67.6 Å². The summed E-state index contributed by atoms with van der Waals surface area (Å²) in [6.07, 6.45) is 0.469. The second-order valence-corrected chi connectivity index (χ2v) is 8.83. The number of carbonyl (C=O) groups excluding carboxylic acids is 2. The zero-order valence-corrected chi connectivity index (χ0v) is 20.3. The minimum Gasteiger partial charge on any atom is -0.378 e. The molecule has 0 atom stereocenters. The van der Waals surface area contributed by atoms with Crippen LogP contribution in [0.1, 0.15) is 23.7 Å². The molecule has 0 bridgehead atoms. The molecule has 2 aromatic carbocycles. The first kappa shape index (κ1) is 24.7. The van der Waals surface area contributed by atoms with Crippen molar-refractivity contribution in [3.63, 3.8) is 0 Å². The number of nitro groups is 1. The molecular weight excluding hydrogens is 474 g/mol. The second kappa shape index (κ2) is 10.9. The number of non-ortho nitro benzene ring substituents is 1. The van der Waals surface area contributed by atoms with E-state index in [1.807, 2.05) is 22.8 Å². The van der Waals surface area contributed by atoms with E-state index in [1.54, 1.807) is 18.2 Å². The number of piperazine rings is 1. The first-order valence-corrected chi connectivity index (χ1v) is 12.0. The highest BCUT2D eigenvalue weighted by atomic mass is 35.5. The van der Waals surface area contributed by atoms with Gasteiger partial charge in [0.1, 0.15) is 0 Å². The summed E-state index contributed by atoms with van der Waals surface area (Å²) in [5.41, 5.74) is 1.97. The fourth-order valence-corrected chi connectivity index (χ4v) is 4.57. The van der Waals surface area contributed by atoms with Crippen molar-refractivity contribution >= 4 is 46.2 Å². The number of anilines is 3. The van der Waals surface area contributed by atoms with Gasteiger partial charge in [0.25, 0.3) is 11.6 Å². The minimum absolute atomic E-state index is 0.121. The van der Waals surface area contributed by atoms with Gasteiger partial charge >= 0.3 is 0 Å². The van der Waals surface area contributed by atoms with E-state index >= 15 is 0 Å². The van der Waals surface area contributed by atoms with Gasteiger partial charge in [0.2, 0.25) is 5.91 Å². The van der Waals surface area contributed by atoms with Gasteiger partial charge in [-0.1, -0.05) is 18.5 Å². The Kier molecular flexibility index (Phi) is 7.72. The Morgan fingerprint density at radius 1 is 1.00 bits per heavy atom. The highest BCUT2D eigenvalue weighted by Crippen LogP contribution is 2.32. The van der Waals surface area contributed by atoms with Crippen LogP contribution in [0.3, 0.4) is 0 Å². The summed E-state index contributed by atoms with van der Waals surface area (Å²) in [6.45, 7) is 6.47. The normalized spacial score (nSPS) is 16.2. The van der Waals surface area contributed by atoms with Crippen LogP contribution in [0.2, 0.25) is 5.02 Å². The molecule has 2 aliphatic heterocycles. The Morgan fingerprint density at radius 3 is 2.31 bits per heavy atom. The van der Waals surface area contributed by atoms with E-state index in [4.69, 9.17) is 16.3 Å². The number of hydrogen-bond donors (Lipinski definition) is 1. The summed E-state index contributed by atoms with van der Waals surface area (Å²) in [6, 6.07) is 9.59. The molecule has 0 saturated carbocycles. The minimum atomic E-state index is -0.512. The summed E-state index contributed by atoms with van der Waals surface area (Å²) in [7, 11) is 0. The lowest BCUT2D eigenvalue weighted by Gasteiger charge is -2.37. The molecule has 2 aliphatic rings. The van der Waals surface area contributed by atoms with Crippen molar-refractivity contribution < 1.29 is 19.2 Å². The van der Waals surface area contributed by atoms with E-state index < -0.39 is 10.8 Å². The number of hydrogen-bond acceptors (Lipinski definition) is 7. The van der Waals surface area contributed by atoms with Crippen LogP contribution in [0.4, 0.5) is 22.7 Å². The largest absolute Gasteiger partial charge is 0.378 e. The zero-order valence-electron chi connectivity index (χ0n) is 19.5. The molecule has 11 heteroatoms. The Balaban J connectivity index is 1.61. The maximum Gasteiger partial charge on any atom is 0.270 e. The van der Waals surface area contributed by atoms with E-state index in [2.05, 4.69) is 10.2 Å². The lowest BCUT2D eigenvalue weighted by atomic mass is 10.1. The highest BCUT2D eigenvalue weighted by molar-refractivity contribution is 6.31. The first-order valence-electron chi connectivity index (χ1n) is 11.6. The van der Waals surface area contributed by atoms with Crippen LogP contribution in [-0.4, -0.2) is 74.1 Å². The molecule has 0 aromatic heterocycles. The smallest absolute Gasteiger partial charge is 0.270 e. The van der Waals surface area contributed by atoms with Crippen LogP contribution in [-0.2, 0) is 9.53 Å². The maximum atomic E-state index is 13.5. The van der Waals surface area contributed by atoms with E-state index in [0.717, 1.165) is 5.69 Å². The molecule has 2 saturated heterocycles. The van der Waals surface area contributed by atoms with Crippen LogP contribution in [0.25, 0.3) is 0 Å². The van der Waals surface area contributed by atoms with Crippen molar-refractivity contribution in [2.24, 2.45) is 0 Å². The van der Waals surface area contributed by atoms with E-state index in [1.165, 1.54) is 12.1 Å². The predicted octanol–water partition coefficient (Wildman–Crippen LogP) is 3.40.